The molecule has 3 atom stereocenters. The molecule has 1 saturated carbocycles. The predicted molar refractivity (Wildman–Crippen MR) is 81.6 cm³/mol. The molecule has 0 amide bonds. The number of halogens is 1. The van der Waals surface area contributed by atoms with Crippen LogP contribution in [0.5, 0.6) is 0 Å². The average molecular weight is 290 g/mol. The quantitative estimate of drug-likeness (QED) is 0.720. The largest absolute Gasteiger partial charge is 0.377 e. The molecule has 20 heavy (non-hydrogen) atoms. The number of fused-ring (bicyclic) bond motifs is 1. The lowest BCUT2D eigenvalue weighted by atomic mass is 9.69. The zero-order valence-electron chi connectivity index (χ0n) is 11.5. The molecule has 1 aromatic carbocycles. The Labute approximate surface area is 125 Å². The molecule has 3 heteroatoms. The van der Waals surface area contributed by atoms with Crippen LogP contribution in [0.3, 0.4) is 0 Å². The molecule has 2 N–H and O–H groups in total. The molecule has 1 aliphatic carbocycles. The molecule has 2 aliphatic rings. The van der Waals surface area contributed by atoms with Crippen molar-refractivity contribution in [3.05, 3.63) is 34.9 Å². The van der Waals surface area contributed by atoms with Crippen LogP contribution in [0, 0.1) is 17.8 Å². The fraction of sp³-hybridized carbons (Fsp3) is 0.529. The molecule has 1 aliphatic heterocycles. The van der Waals surface area contributed by atoms with Crippen LogP contribution >= 0.6 is 11.6 Å². The van der Waals surface area contributed by atoms with Crippen molar-refractivity contribution in [3.63, 3.8) is 0 Å². The molecule has 1 heterocycles. The number of nitrogens with one attached hydrogen (secondary N) is 1. The Morgan fingerprint density at radius 2 is 2.20 bits per heavy atom. The fourth-order valence-electron chi connectivity index (χ4n) is 3.51. The monoisotopic (exact) mass is 289 g/mol. The summed E-state index contributed by atoms with van der Waals surface area (Å²) < 4.78 is 0. The Kier molecular flexibility index (Phi) is 4.03. The van der Waals surface area contributed by atoms with Crippen LogP contribution in [0.25, 0.3) is 0 Å². The molecule has 3 rings (SSSR count). The second-order valence-electron chi connectivity index (χ2n) is 5.89. The third kappa shape index (κ3) is 2.86. The maximum Gasteiger partial charge on any atom is 0.130 e. The molecule has 0 bridgehead atoms. The molecule has 106 valence electrons. The van der Waals surface area contributed by atoms with E-state index in [2.05, 4.69) is 17.2 Å². The van der Waals surface area contributed by atoms with Crippen molar-refractivity contribution in [2.75, 3.05) is 6.54 Å². The molecule has 1 aromatic rings. The lowest BCUT2D eigenvalue weighted by Gasteiger charge is -2.45. The minimum absolute atomic E-state index is 0.261. The van der Waals surface area contributed by atoms with Crippen LogP contribution in [0.1, 0.15) is 37.7 Å². The van der Waals surface area contributed by atoms with Gasteiger partial charge in [-0.1, -0.05) is 29.5 Å². The zero-order chi connectivity index (χ0) is 14.0. The summed E-state index contributed by atoms with van der Waals surface area (Å²) in [6, 6.07) is 7.93. The number of aliphatic hydroxyl groups is 1. The highest BCUT2D eigenvalue weighted by atomic mass is 35.5. The summed E-state index contributed by atoms with van der Waals surface area (Å²) in [4.78, 5) is 0. The van der Waals surface area contributed by atoms with Gasteiger partial charge in [0.2, 0.25) is 0 Å². The second kappa shape index (κ2) is 5.77. The fourth-order valence-corrected chi connectivity index (χ4v) is 3.70. The van der Waals surface area contributed by atoms with Gasteiger partial charge in [-0.05, 0) is 56.8 Å². The minimum atomic E-state index is -0.849. The standard InChI is InChI=1S/C17H20ClNO/c18-14-5-1-4-13(12-14)8-10-17(20)9-2-7-16-15(17)6-3-11-19-16/h1,4-5,12,15-16,19-20H,2-3,6-7,9,11H2. The van der Waals surface area contributed by atoms with Gasteiger partial charge in [0.05, 0.1) is 0 Å². The third-order valence-corrected chi connectivity index (χ3v) is 4.75. The van der Waals surface area contributed by atoms with E-state index in [1.807, 2.05) is 24.3 Å². The van der Waals surface area contributed by atoms with Crippen LogP contribution in [-0.4, -0.2) is 23.3 Å². The van der Waals surface area contributed by atoms with Crippen molar-refractivity contribution < 1.29 is 5.11 Å². The van der Waals surface area contributed by atoms with E-state index in [1.54, 1.807) is 0 Å². The zero-order valence-corrected chi connectivity index (χ0v) is 12.3. The van der Waals surface area contributed by atoms with Gasteiger partial charge in [0.15, 0.2) is 0 Å². The predicted octanol–water partition coefficient (Wildman–Crippen LogP) is 2.97. The van der Waals surface area contributed by atoms with E-state index in [-0.39, 0.29) is 5.92 Å². The Morgan fingerprint density at radius 3 is 3.05 bits per heavy atom. The van der Waals surface area contributed by atoms with Crippen LogP contribution in [-0.2, 0) is 0 Å². The smallest absolute Gasteiger partial charge is 0.130 e. The first kappa shape index (κ1) is 13.9. The molecule has 2 nitrogen and oxygen atoms in total. The SMILES string of the molecule is OC1(C#Cc2cccc(Cl)c2)CCCC2NCCCC21. The summed E-state index contributed by atoms with van der Waals surface area (Å²) in [7, 11) is 0. The van der Waals surface area contributed by atoms with Gasteiger partial charge in [0.25, 0.3) is 0 Å². The van der Waals surface area contributed by atoms with E-state index in [0.29, 0.717) is 11.1 Å². The minimum Gasteiger partial charge on any atom is -0.377 e. The third-order valence-electron chi connectivity index (χ3n) is 4.52. The number of hydrogen-bond acceptors (Lipinski definition) is 2. The maximum absolute atomic E-state index is 11.0. The molecular weight excluding hydrogens is 270 g/mol. The topological polar surface area (TPSA) is 32.3 Å². The summed E-state index contributed by atoms with van der Waals surface area (Å²) in [5, 5.41) is 15.2. The van der Waals surface area contributed by atoms with E-state index in [9.17, 15) is 5.11 Å². The molecule has 0 spiro atoms. The maximum atomic E-state index is 11.0. The first-order valence-electron chi connectivity index (χ1n) is 7.42. The Hall–Kier alpha value is -1.01. The number of piperidine rings is 1. The van der Waals surface area contributed by atoms with Crippen LogP contribution in [0.4, 0.5) is 0 Å². The molecule has 0 aromatic heterocycles. The Balaban J connectivity index is 1.84. The van der Waals surface area contributed by atoms with Gasteiger partial charge in [-0.2, -0.15) is 0 Å². The van der Waals surface area contributed by atoms with Crippen molar-refractivity contribution in [2.24, 2.45) is 5.92 Å². The summed E-state index contributed by atoms with van der Waals surface area (Å²) in [5.74, 6) is 6.52. The van der Waals surface area contributed by atoms with Crippen LogP contribution in [0.15, 0.2) is 24.3 Å². The van der Waals surface area contributed by atoms with E-state index < -0.39 is 5.60 Å². The van der Waals surface area contributed by atoms with Crippen molar-refractivity contribution in [1.29, 1.82) is 0 Å². The van der Waals surface area contributed by atoms with Gasteiger partial charge >= 0.3 is 0 Å². The number of rotatable bonds is 0. The first-order chi connectivity index (χ1) is 9.67. The molecule has 2 fully saturated rings. The molecule has 1 saturated heterocycles. The van der Waals surface area contributed by atoms with E-state index in [0.717, 1.165) is 44.2 Å². The second-order valence-corrected chi connectivity index (χ2v) is 6.32. The lowest BCUT2D eigenvalue weighted by molar-refractivity contribution is -0.0265. The van der Waals surface area contributed by atoms with Gasteiger partial charge < -0.3 is 10.4 Å². The van der Waals surface area contributed by atoms with Crippen molar-refractivity contribution in [1.82, 2.24) is 5.32 Å². The molecule has 3 unspecified atom stereocenters. The van der Waals surface area contributed by atoms with Gasteiger partial charge in [-0.3, -0.25) is 0 Å². The van der Waals surface area contributed by atoms with E-state index in [4.69, 9.17) is 11.6 Å². The molecule has 0 radical (unpaired) electrons. The van der Waals surface area contributed by atoms with Crippen molar-refractivity contribution >= 4 is 11.6 Å². The summed E-state index contributed by atoms with van der Waals surface area (Å²) in [5.41, 5.74) is 0.0235. The van der Waals surface area contributed by atoms with Gasteiger partial charge in [-0.15, -0.1) is 0 Å². The Morgan fingerprint density at radius 1 is 1.30 bits per heavy atom. The normalized spacial score (nSPS) is 32.9. The summed E-state index contributed by atoms with van der Waals surface area (Å²) in [6.07, 6.45) is 5.17. The van der Waals surface area contributed by atoms with E-state index in [1.165, 1.54) is 0 Å². The summed E-state index contributed by atoms with van der Waals surface area (Å²) in [6.45, 7) is 1.07. The first-order valence-corrected chi connectivity index (χ1v) is 7.80. The highest BCUT2D eigenvalue weighted by molar-refractivity contribution is 6.30. The lowest BCUT2D eigenvalue weighted by Crippen LogP contribution is -2.54. The van der Waals surface area contributed by atoms with Gasteiger partial charge in [-0.25, -0.2) is 0 Å². The van der Waals surface area contributed by atoms with Crippen molar-refractivity contribution in [3.8, 4) is 11.8 Å². The van der Waals surface area contributed by atoms with Gasteiger partial charge in [0.1, 0.15) is 5.60 Å². The van der Waals surface area contributed by atoms with Crippen LogP contribution < -0.4 is 5.32 Å². The van der Waals surface area contributed by atoms with Crippen molar-refractivity contribution in [2.45, 2.75) is 43.7 Å². The highest BCUT2D eigenvalue weighted by Gasteiger charge is 2.44. The van der Waals surface area contributed by atoms with Gasteiger partial charge in [0, 0.05) is 22.5 Å². The Bertz CT molecular complexity index is 545. The number of benzene rings is 1. The number of hydrogen-bond donors (Lipinski definition) is 2. The van der Waals surface area contributed by atoms with Crippen LogP contribution in [0.2, 0.25) is 5.02 Å². The summed E-state index contributed by atoms with van der Waals surface area (Å²) >= 11 is 5.97. The highest BCUT2D eigenvalue weighted by Crippen LogP contribution is 2.38. The molecular formula is C17H20ClNO. The van der Waals surface area contributed by atoms with E-state index >= 15 is 0 Å². The average Bonchev–Trinajstić information content (AvgIpc) is 2.46.